The summed E-state index contributed by atoms with van der Waals surface area (Å²) >= 11 is 1.70. The number of nitrogens with one attached hydrogen (secondary N) is 1. The molecule has 2 nitrogen and oxygen atoms in total. The average molecular weight is 232 g/mol. The molecule has 1 aromatic carbocycles. The summed E-state index contributed by atoms with van der Waals surface area (Å²) < 4.78 is 0. The third-order valence-corrected chi connectivity index (χ3v) is 3.36. The van der Waals surface area contributed by atoms with Gasteiger partial charge >= 0.3 is 0 Å². The van der Waals surface area contributed by atoms with E-state index in [1.54, 1.807) is 11.3 Å². The molecule has 0 aliphatic heterocycles. The maximum atomic E-state index is 5.80. The van der Waals surface area contributed by atoms with Crippen molar-refractivity contribution in [2.24, 2.45) is 5.73 Å². The highest BCUT2D eigenvalue weighted by Gasteiger charge is 2.10. The number of anilines is 1. The Morgan fingerprint density at radius 1 is 1.31 bits per heavy atom. The highest BCUT2D eigenvalue weighted by atomic mass is 32.1. The van der Waals surface area contributed by atoms with Crippen molar-refractivity contribution in [2.45, 2.75) is 13.0 Å². The Labute approximate surface area is 100 Å². The van der Waals surface area contributed by atoms with E-state index < -0.39 is 0 Å². The maximum Gasteiger partial charge on any atom is 0.0644 e. The summed E-state index contributed by atoms with van der Waals surface area (Å²) in [5.74, 6) is 0. The Bertz CT molecular complexity index is 437. The zero-order chi connectivity index (χ0) is 11.4. The lowest BCUT2D eigenvalue weighted by Crippen LogP contribution is -2.20. The number of para-hydroxylation sites is 1. The van der Waals surface area contributed by atoms with Crippen molar-refractivity contribution in [3.63, 3.8) is 0 Å². The predicted molar refractivity (Wildman–Crippen MR) is 70.9 cm³/mol. The summed E-state index contributed by atoms with van der Waals surface area (Å²) in [6, 6.07) is 10.6. The lowest BCUT2D eigenvalue weighted by Gasteiger charge is -2.18. The number of aryl methyl sites for hydroxylation is 1. The van der Waals surface area contributed by atoms with Crippen molar-refractivity contribution in [1.29, 1.82) is 0 Å². The van der Waals surface area contributed by atoms with Crippen LogP contribution in [-0.4, -0.2) is 6.54 Å². The summed E-state index contributed by atoms with van der Waals surface area (Å²) in [5.41, 5.74) is 9.47. The molecule has 1 unspecified atom stereocenters. The maximum absolute atomic E-state index is 5.80. The molecule has 0 bridgehead atoms. The van der Waals surface area contributed by atoms with E-state index in [1.807, 2.05) is 12.1 Å². The molecule has 0 saturated heterocycles. The van der Waals surface area contributed by atoms with Gasteiger partial charge in [0.15, 0.2) is 0 Å². The molecule has 0 spiro atoms. The largest absolute Gasteiger partial charge is 0.377 e. The van der Waals surface area contributed by atoms with Gasteiger partial charge in [0.05, 0.1) is 6.04 Å². The molecule has 2 aromatic rings. The fourth-order valence-corrected chi connectivity index (χ4v) is 2.39. The number of nitrogens with two attached hydrogens (primary N) is 1. The van der Waals surface area contributed by atoms with Crippen LogP contribution in [0.1, 0.15) is 17.2 Å². The molecule has 0 radical (unpaired) electrons. The molecule has 84 valence electrons. The van der Waals surface area contributed by atoms with Crippen molar-refractivity contribution in [1.82, 2.24) is 0 Å². The molecule has 1 aromatic heterocycles. The molecule has 1 heterocycles. The fourth-order valence-electron chi connectivity index (χ4n) is 1.67. The van der Waals surface area contributed by atoms with Gasteiger partial charge in [-0.1, -0.05) is 18.2 Å². The van der Waals surface area contributed by atoms with Gasteiger partial charge in [0.25, 0.3) is 0 Å². The first-order chi connectivity index (χ1) is 7.81. The number of thiophene rings is 1. The van der Waals surface area contributed by atoms with Gasteiger partial charge in [0.2, 0.25) is 0 Å². The SMILES string of the molecule is Cc1ccccc1NC(CN)c1ccsc1. The second kappa shape index (κ2) is 5.14. The molecule has 0 aliphatic rings. The van der Waals surface area contributed by atoms with Gasteiger partial charge in [-0.3, -0.25) is 0 Å². The van der Waals surface area contributed by atoms with E-state index in [1.165, 1.54) is 11.1 Å². The minimum atomic E-state index is 0.201. The summed E-state index contributed by atoms with van der Waals surface area (Å²) in [6.45, 7) is 2.70. The highest BCUT2D eigenvalue weighted by molar-refractivity contribution is 7.08. The van der Waals surface area contributed by atoms with E-state index in [2.05, 4.69) is 41.2 Å². The molecule has 16 heavy (non-hydrogen) atoms. The Balaban J connectivity index is 2.17. The Morgan fingerprint density at radius 2 is 2.12 bits per heavy atom. The minimum Gasteiger partial charge on any atom is -0.377 e. The molecule has 3 N–H and O–H groups in total. The molecule has 2 rings (SSSR count). The van der Waals surface area contributed by atoms with Gasteiger partial charge in [-0.15, -0.1) is 0 Å². The standard InChI is InChI=1S/C13H16N2S/c1-10-4-2-3-5-12(10)15-13(8-14)11-6-7-16-9-11/h2-7,9,13,15H,8,14H2,1H3. The van der Waals surface area contributed by atoms with Crippen molar-refractivity contribution in [3.8, 4) is 0 Å². The predicted octanol–water partition coefficient (Wildman–Crippen LogP) is 3.17. The van der Waals surface area contributed by atoms with Crippen molar-refractivity contribution in [3.05, 3.63) is 52.2 Å². The lowest BCUT2D eigenvalue weighted by molar-refractivity contribution is 0.792. The van der Waals surface area contributed by atoms with Crippen molar-refractivity contribution in [2.75, 3.05) is 11.9 Å². The second-order valence-electron chi connectivity index (χ2n) is 3.80. The summed E-state index contributed by atoms with van der Waals surface area (Å²) in [6.07, 6.45) is 0. The monoisotopic (exact) mass is 232 g/mol. The number of hydrogen-bond acceptors (Lipinski definition) is 3. The minimum absolute atomic E-state index is 0.201. The first kappa shape index (κ1) is 11.2. The second-order valence-corrected chi connectivity index (χ2v) is 4.58. The molecule has 0 fully saturated rings. The van der Waals surface area contributed by atoms with Crippen LogP contribution in [0.4, 0.5) is 5.69 Å². The van der Waals surface area contributed by atoms with Crippen LogP contribution in [-0.2, 0) is 0 Å². The topological polar surface area (TPSA) is 38.0 Å². The molecule has 0 amide bonds. The molecule has 0 saturated carbocycles. The van der Waals surface area contributed by atoms with E-state index >= 15 is 0 Å². The van der Waals surface area contributed by atoms with E-state index in [-0.39, 0.29) is 6.04 Å². The van der Waals surface area contributed by atoms with Gasteiger partial charge < -0.3 is 11.1 Å². The average Bonchev–Trinajstić information content (AvgIpc) is 2.81. The normalized spacial score (nSPS) is 12.4. The summed E-state index contributed by atoms with van der Waals surface area (Å²) in [5, 5.41) is 7.70. The van der Waals surface area contributed by atoms with Crippen LogP contribution in [0.3, 0.4) is 0 Å². The Hall–Kier alpha value is -1.32. The van der Waals surface area contributed by atoms with E-state index in [0.29, 0.717) is 6.54 Å². The van der Waals surface area contributed by atoms with Gasteiger partial charge in [0, 0.05) is 12.2 Å². The summed E-state index contributed by atoms with van der Waals surface area (Å²) in [4.78, 5) is 0. The molecule has 1 atom stereocenters. The molecule has 0 aliphatic carbocycles. The first-order valence-corrected chi connectivity index (χ1v) is 6.30. The van der Waals surface area contributed by atoms with E-state index in [9.17, 15) is 0 Å². The van der Waals surface area contributed by atoms with Gasteiger partial charge in [-0.2, -0.15) is 11.3 Å². The van der Waals surface area contributed by atoms with Crippen LogP contribution < -0.4 is 11.1 Å². The lowest BCUT2D eigenvalue weighted by atomic mass is 10.1. The van der Waals surface area contributed by atoms with Gasteiger partial charge in [-0.25, -0.2) is 0 Å². The third-order valence-electron chi connectivity index (χ3n) is 2.66. The van der Waals surface area contributed by atoms with E-state index in [4.69, 9.17) is 5.73 Å². The quantitative estimate of drug-likeness (QED) is 0.849. The van der Waals surface area contributed by atoms with Gasteiger partial charge in [-0.05, 0) is 40.9 Å². The molecular weight excluding hydrogens is 216 g/mol. The smallest absolute Gasteiger partial charge is 0.0644 e. The van der Waals surface area contributed by atoms with Gasteiger partial charge in [0.1, 0.15) is 0 Å². The van der Waals surface area contributed by atoms with Crippen LogP contribution in [0.25, 0.3) is 0 Å². The van der Waals surface area contributed by atoms with Crippen LogP contribution in [0, 0.1) is 6.92 Å². The van der Waals surface area contributed by atoms with Crippen molar-refractivity contribution >= 4 is 17.0 Å². The number of benzene rings is 1. The van der Waals surface area contributed by atoms with Crippen LogP contribution in [0.15, 0.2) is 41.1 Å². The van der Waals surface area contributed by atoms with Crippen LogP contribution >= 0.6 is 11.3 Å². The van der Waals surface area contributed by atoms with Crippen molar-refractivity contribution < 1.29 is 0 Å². The number of hydrogen-bond donors (Lipinski definition) is 2. The zero-order valence-corrected chi connectivity index (χ0v) is 10.1. The Morgan fingerprint density at radius 3 is 2.75 bits per heavy atom. The Kier molecular flexibility index (Phi) is 3.59. The fraction of sp³-hybridized carbons (Fsp3) is 0.231. The molecule has 3 heteroatoms. The third kappa shape index (κ3) is 2.43. The van der Waals surface area contributed by atoms with Crippen LogP contribution in [0.5, 0.6) is 0 Å². The molecular formula is C13H16N2S. The number of rotatable bonds is 4. The van der Waals surface area contributed by atoms with E-state index in [0.717, 1.165) is 5.69 Å². The summed E-state index contributed by atoms with van der Waals surface area (Å²) in [7, 11) is 0. The first-order valence-electron chi connectivity index (χ1n) is 5.35. The zero-order valence-electron chi connectivity index (χ0n) is 9.31. The van der Waals surface area contributed by atoms with Crippen LogP contribution in [0.2, 0.25) is 0 Å². The highest BCUT2D eigenvalue weighted by Crippen LogP contribution is 2.22.